The topological polar surface area (TPSA) is 52.6 Å². The lowest BCUT2D eigenvalue weighted by atomic mass is 10.1. The zero-order valence-electron chi connectivity index (χ0n) is 10.6. The van der Waals surface area contributed by atoms with E-state index in [0.717, 1.165) is 11.3 Å². The number of aliphatic hydroxyl groups is 1. The van der Waals surface area contributed by atoms with E-state index in [2.05, 4.69) is 5.32 Å². The number of anilines is 1. The van der Waals surface area contributed by atoms with E-state index in [1.807, 2.05) is 43.1 Å². The maximum Gasteiger partial charge on any atom is 0.239 e. The van der Waals surface area contributed by atoms with Gasteiger partial charge in [-0.15, -0.1) is 0 Å². The predicted octanol–water partition coefficient (Wildman–Crippen LogP) is 1.31. The van der Waals surface area contributed by atoms with Crippen LogP contribution >= 0.6 is 0 Å². The summed E-state index contributed by atoms with van der Waals surface area (Å²) in [5.74, 6) is -0.0230. The molecule has 2 N–H and O–H groups in total. The second-order valence-electron chi connectivity index (χ2n) is 4.04. The van der Waals surface area contributed by atoms with E-state index in [0.29, 0.717) is 13.0 Å². The monoisotopic (exact) mass is 236 g/mol. The molecule has 1 atom stereocenters. The molecule has 94 valence electrons. The number of hydrogen-bond donors (Lipinski definition) is 2. The molecular weight excluding hydrogens is 216 g/mol. The summed E-state index contributed by atoms with van der Waals surface area (Å²) in [5.41, 5.74) is 1.87. The normalized spacial score (nSPS) is 12.0. The number of nitrogens with zero attached hydrogens (tertiary/aromatic N) is 1. The Bertz CT molecular complexity index is 362. The molecule has 4 heteroatoms. The lowest BCUT2D eigenvalue weighted by molar-refractivity contribution is -0.119. The van der Waals surface area contributed by atoms with Gasteiger partial charge in [0.1, 0.15) is 0 Å². The molecule has 0 saturated carbocycles. The minimum Gasteiger partial charge on any atom is -0.388 e. The number of carbonyl (C=O) groups is 1. The first kappa shape index (κ1) is 13.5. The Balaban J connectivity index is 2.70. The lowest BCUT2D eigenvalue weighted by Gasteiger charge is -2.19. The summed E-state index contributed by atoms with van der Waals surface area (Å²) in [6.45, 7) is 2.27. The number of benzene rings is 1. The van der Waals surface area contributed by atoms with Crippen LogP contribution in [0, 0.1) is 0 Å². The first-order chi connectivity index (χ1) is 8.08. The van der Waals surface area contributed by atoms with Crippen molar-refractivity contribution < 1.29 is 9.90 Å². The van der Waals surface area contributed by atoms with Gasteiger partial charge in [-0.1, -0.05) is 19.1 Å². The standard InChI is InChI=1S/C13H20N2O2/c1-4-12(16)10-5-7-11(8-6-10)15(3)9-13(17)14-2/h5-8,12,16H,4,9H2,1-3H3,(H,14,17)/t12-/m1/s1. The fourth-order valence-electron chi connectivity index (χ4n) is 1.57. The number of hydrogen-bond acceptors (Lipinski definition) is 3. The summed E-state index contributed by atoms with van der Waals surface area (Å²) < 4.78 is 0. The first-order valence-corrected chi connectivity index (χ1v) is 5.78. The van der Waals surface area contributed by atoms with Crippen molar-refractivity contribution in [2.45, 2.75) is 19.4 Å². The quantitative estimate of drug-likeness (QED) is 0.810. The van der Waals surface area contributed by atoms with Gasteiger partial charge in [-0.3, -0.25) is 4.79 Å². The lowest BCUT2D eigenvalue weighted by Crippen LogP contribution is -2.32. The van der Waals surface area contributed by atoms with E-state index < -0.39 is 6.10 Å². The molecule has 0 aromatic heterocycles. The van der Waals surface area contributed by atoms with E-state index in [4.69, 9.17) is 0 Å². The highest BCUT2D eigenvalue weighted by atomic mass is 16.3. The summed E-state index contributed by atoms with van der Waals surface area (Å²) in [5, 5.41) is 12.2. The van der Waals surface area contributed by atoms with Gasteiger partial charge in [-0.25, -0.2) is 0 Å². The van der Waals surface area contributed by atoms with Crippen molar-refractivity contribution in [3.8, 4) is 0 Å². The Morgan fingerprint density at radius 3 is 2.47 bits per heavy atom. The van der Waals surface area contributed by atoms with Crippen molar-refractivity contribution in [2.24, 2.45) is 0 Å². The van der Waals surface area contributed by atoms with Crippen LogP contribution in [0.3, 0.4) is 0 Å². The molecular formula is C13H20N2O2. The predicted molar refractivity (Wildman–Crippen MR) is 69.0 cm³/mol. The van der Waals surface area contributed by atoms with Crippen molar-refractivity contribution in [3.63, 3.8) is 0 Å². The van der Waals surface area contributed by atoms with Gasteiger partial charge in [0.25, 0.3) is 0 Å². The molecule has 0 bridgehead atoms. The van der Waals surface area contributed by atoms with Crippen LogP contribution in [0.5, 0.6) is 0 Å². The highest BCUT2D eigenvalue weighted by Gasteiger charge is 2.08. The van der Waals surface area contributed by atoms with Gasteiger partial charge < -0.3 is 15.3 Å². The van der Waals surface area contributed by atoms with Crippen LogP contribution < -0.4 is 10.2 Å². The smallest absolute Gasteiger partial charge is 0.239 e. The van der Waals surface area contributed by atoms with Gasteiger partial charge in [-0.2, -0.15) is 0 Å². The fourth-order valence-corrected chi connectivity index (χ4v) is 1.57. The zero-order chi connectivity index (χ0) is 12.8. The number of nitrogens with one attached hydrogen (secondary N) is 1. The molecule has 17 heavy (non-hydrogen) atoms. The van der Waals surface area contributed by atoms with Crippen LogP contribution in [0.15, 0.2) is 24.3 Å². The number of amides is 1. The van der Waals surface area contributed by atoms with E-state index in [1.165, 1.54) is 0 Å². The fraction of sp³-hybridized carbons (Fsp3) is 0.462. The Morgan fingerprint density at radius 1 is 1.41 bits per heavy atom. The van der Waals surface area contributed by atoms with Crippen molar-refractivity contribution in [2.75, 3.05) is 25.5 Å². The molecule has 0 fully saturated rings. The zero-order valence-corrected chi connectivity index (χ0v) is 10.6. The third-order valence-electron chi connectivity index (χ3n) is 2.76. The van der Waals surface area contributed by atoms with Crippen LogP contribution in [0.2, 0.25) is 0 Å². The van der Waals surface area contributed by atoms with Crippen molar-refractivity contribution in [1.29, 1.82) is 0 Å². The van der Waals surface area contributed by atoms with Gasteiger partial charge in [0.15, 0.2) is 0 Å². The van der Waals surface area contributed by atoms with E-state index in [1.54, 1.807) is 7.05 Å². The second kappa shape index (κ2) is 6.25. The van der Waals surface area contributed by atoms with Gasteiger partial charge in [-0.05, 0) is 24.1 Å². The van der Waals surface area contributed by atoms with Crippen molar-refractivity contribution in [1.82, 2.24) is 5.32 Å². The average molecular weight is 236 g/mol. The SMILES string of the molecule is CC[C@@H](O)c1ccc(N(C)CC(=O)NC)cc1. The second-order valence-corrected chi connectivity index (χ2v) is 4.04. The van der Waals surface area contributed by atoms with Crippen LogP contribution in [0.1, 0.15) is 25.0 Å². The number of aliphatic hydroxyl groups excluding tert-OH is 1. The average Bonchev–Trinajstić information content (AvgIpc) is 2.37. The number of carbonyl (C=O) groups excluding carboxylic acids is 1. The van der Waals surface area contributed by atoms with Crippen LogP contribution in [0.4, 0.5) is 5.69 Å². The molecule has 4 nitrogen and oxygen atoms in total. The van der Waals surface area contributed by atoms with Crippen LogP contribution in [-0.2, 0) is 4.79 Å². The number of rotatable bonds is 5. The molecule has 1 aromatic carbocycles. The molecule has 1 amide bonds. The molecule has 0 unspecified atom stereocenters. The third-order valence-corrected chi connectivity index (χ3v) is 2.76. The summed E-state index contributed by atoms with van der Waals surface area (Å²) in [4.78, 5) is 13.1. The van der Waals surface area contributed by atoms with Crippen molar-refractivity contribution >= 4 is 11.6 Å². The van der Waals surface area contributed by atoms with Crippen LogP contribution in [-0.4, -0.2) is 31.7 Å². The Labute approximate surface area is 102 Å². The molecule has 0 aliphatic carbocycles. The first-order valence-electron chi connectivity index (χ1n) is 5.78. The van der Waals surface area contributed by atoms with Gasteiger partial charge in [0, 0.05) is 19.8 Å². The van der Waals surface area contributed by atoms with Crippen LogP contribution in [0.25, 0.3) is 0 Å². The Morgan fingerprint density at radius 2 is 2.00 bits per heavy atom. The summed E-state index contributed by atoms with van der Waals surface area (Å²) in [7, 11) is 3.48. The highest BCUT2D eigenvalue weighted by molar-refractivity contribution is 5.80. The van der Waals surface area contributed by atoms with E-state index in [9.17, 15) is 9.90 Å². The molecule has 0 spiro atoms. The van der Waals surface area contributed by atoms with Gasteiger partial charge in [0.05, 0.1) is 12.6 Å². The van der Waals surface area contributed by atoms with Gasteiger partial charge in [0.2, 0.25) is 5.91 Å². The molecule has 1 aromatic rings. The molecule has 0 heterocycles. The van der Waals surface area contributed by atoms with E-state index in [-0.39, 0.29) is 5.91 Å². The van der Waals surface area contributed by atoms with Crippen molar-refractivity contribution in [3.05, 3.63) is 29.8 Å². The van der Waals surface area contributed by atoms with E-state index >= 15 is 0 Å². The molecule has 1 rings (SSSR count). The molecule has 0 aliphatic heterocycles. The Hall–Kier alpha value is -1.55. The summed E-state index contributed by atoms with van der Waals surface area (Å²) in [6.07, 6.45) is 0.293. The maximum atomic E-state index is 11.2. The maximum absolute atomic E-state index is 11.2. The minimum absolute atomic E-state index is 0.0230. The third kappa shape index (κ3) is 3.75. The minimum atomic E-state index is -0.409. The summed E-state index contributed by atoms with van der Waals surface area (Å²) in [6, 6.07) is 7.61. The molecule has 0 aliphatic rings. The molecule has 0 saturated heterocycles. The molecule has 0 radical (unpaired) electrons. The summed E-state index contributed by atoms with van der Waals surface area (Å²) >= 11 is 0. The van der Waals surface area contributed by atoms with Gasteiger partial charge >= 0.3 is 0 Å². The number of likely N-dealkylation sites (N-methyl/N-ethyl adjacent to an activating group) is 2. The highest BCUT2D eigenvalue weighted by Crippen LogP contribution is 2.20. The Kier molecular flexibility index (Phi) is 4.97. The largest absolute Gasteiger partial charge is 0.388 e.